The lowest BCUT2D eigenvalue weighted by atomic mass is 9.68. The summed E-state index contributed by atoms with van der Waals surface area (Å²) in [6.07, 6.45) is 8.43. The van der Waals surface area contributed by atoms with Gasteiger partial charge in [-0.15, -0.1) is 0 Å². The molecule has 2 rings (SSSR count). The van der Waals surface area contributed by atoms with E-state index >= 15 is 0 Å². The van der Waals surface area contributed by atoms with Gasteiger partial charge in [0.25, 0.3) is 0 Å². The lowest BCUT2D eigenvalue weighted by Crippen LogP contribution is -2.25. The lowest BCUT2D eigenvalue weighted by Gasteiger charge is -2.37. The third-order valence-electron chi connectivity index (χ3n) is 5.14. The molecule has 126 valence electrons. The number of aryl methyl sites for hydroxylation is 1. The molecule has 0 amide bonds. The minimum absolute atomic E-state index is 0.259. The summed E-state index contributed by atoms with van der Waals surface area (Å²) >= 11 is 0. The monoisotopic (exact) mass is 310 g/mol. The van der Waals surface area contributed by atoms with Crippen LogP contribution in [0.2, 0.25) is 0 Å². The van der Waals surface area contributed by atoms with Gasteiger partial charge < -0.3 is 0 Å². The zero-order chi connectivity index (χ0) is 17.3. The maximum Gasteiger partial charge on any atom is -0.00996 e. The van der Waals surface area contributed by atoms with Gasteiger partial charge in [0.05, 0.1) is 0 Å². The quantitative estimate of drug-likeness (QED) is 0.513. The molecule has 1 aromatic rings. The Labute approximate surface area is 143 Å². The second kappa shape index (κ2) is 6.67. The Kier molecular flexibility index (Phi) is 5.23. The first kappa shape index (κ1) is 18.0. The fraction of sp³-hybridized carbons (Fsp3) is 0.565. The first-order valence-electron chi connectivity index (χ1n) is 9.09. The fourth-order valence-corrected chi connectivity index (χ4v) is 3.23. The van der Waals surface area contributed by atoms with E-state index in [0.29, 0.717) is 11.3 Å². The van der Waals surface area contributed by atoms with Crippen LogP contribution in [0.1, 0.15) is 72.4 Å². The summed E-state index contributed by atoms with van der Waals surface area (Å²) in [6.45, 7) is 16.4. The van der Waals surface area contributed by atoms with Crippen LogP contribution in [0.5, 0.6) is 0 Å². The van der Waals surface area contributed by atoms with Crippen LogP contribution in [-0.4, -0.2) is 0 Å². The van der Waals surface area contributed by atoms with Crippen molar-refractivity contribution in [3.05, 3.63) is 52.6 Å². The third-order valence-corrected chi connectivity index (χ3v) is 5.14. The molecular weight excluding hydrogens is 276 g/mol. The van der Waals surface area contributed by atoms with Gasteiger partial charge in [-0.2, -0.15) is 0 Å². The first-order valence-corrected chi connectivity index (χ1v) is 9.09. The molecule has 0 saturated carbocycles. The van der Waals surface area contributed by atoms with Crippen LogP contribution in [0.4, 0.5) is 0 Å². The molecule has 1 aromatic carbocycles. The van der Waals surface area contributed by atoms with E-state index in [2.05, 4.69) is 84.9 Å². The summed E-state index contributed by atoms with van der Waals surface area (Å²) in [5, 5.41) is 0. The van der Waals surface area contributed by atoms with Crippen molar-refractivity contribution in [1.29, 1.82) is 0 Å². The molecule has 0 aromatic heterocycles. The van der Waals surface area contributed by atoms with Crippen molar-refractivity contribution >= 4 is 6.08 Å². The topological polar surface area (TPSA) is 0 Å². The van der Waals surface area contributed by atoms with Crippen LogP contribution in [0, 0.1) is 16.7 Å². The molecule has 23 heavy (non-hydrogen) atoms. The number of hydrogen-bond donors (Lipinski definition) is 0. The molecule has 0 fully saturated rings. The van der Waals surface area contributed by atoms with Gasteiger partial charge in [-0.25, -0.2) is 0 Å². The molecular formula is C23H34. The van der Waals surface area contributed by atoms with Crippen molar-refractivity contribution < 1.29 is 0 Å². The third kappa shape index (κ3) is 4.83. The predicted molar refractivity (Wildman–Crippen MR) is 104 cm³/mol. The molecule has 0 radical (unpaired) electrons. The standard InChI is InChI=1S/C23H34/c1-8-17-9-11-18(12-10-17)13-19-14-20(22(2,3)4)16-21(15-19)23(5,6)7/h9-13,16,20H,8,14-15H2,1-7H3. The molecule has 1 unspecified atom stereocenters. The molecule has 0 N–H and O–H groups in total. The fourth-order valence-electron chi connectivity index (χ4n) is 3.23. The van der Waals surface area contributed by atoms with Gasteiger partial charge in [0.15, 0.2) is 0 Å². The molecule has 1 aliphatic carbocycles. The van der Waals surface area contributed by atoms with Gasteiger partial charge in [0, 0.05) is 0 Å². The highest BCUT2D eigenvalue weighted by Crippen LogP contribution is 2.44. The van der Waals surface area contributed by atoms with Gasteiger partial charge in [-0.1, -0.05) is 96.0 Å². The molecule has 1 aliphatic rings. The van der Waals surface area contributed by atoms with E-state index in [0.717, 1.165) is 12.8 Å². The molecule has 0 heteroatoms. The Morgan fingerprint density at radius 2 is 1.61 bits per heavy atom. The van der Waals surface area contributed by atoms with Gasteiger partial charge >= 0.3 is 0 Å². The van der Waals surface area contributed by atoms with Crippen molar-refractivity contribution in [3.8, 4) is 0 Å². The Balaban J connectivity index is 2.32. The summed E-state index contributed by atoms with van der Waals surface area (Å²) in [6, 6.07) is 9.06. The van der Waals surface area contributed by atoms with Crippen LogP contribution < -0.4 is 0 Å². The second-order valence-corrected chi connectivity index (χ2v) is 9.19. The molecule has 0 heterocycles. The summed E-state index contributed by atoms with van der Waals surface area (Å²) < 4.78 is 0. The number of allylic oxidation sites excluding steroid dienone is 3. The van der Waals surface area contributed by atoms with Crippen LogP contribution in [0.3, 0.4) is 0 Å². The van der Waals surface area contributed by atoms with E-state index in [1.54, 1.807) is 11.1 Å². The normalized spacial score (nSPS) is 21.4. The van der Waals surface area contributed by atoms with E-state index < -0.39 is 0 Å². The summed E-state index contributed by atoms with van der Waals surface area (Å²) in [5.41, 5.74) is 6.53. The summed E-state index contributed by atoms with van der Waals surface area (Å²) in [4.78, 5) is 0. The van der Waals surface area contributed by atoms with Crippen molar-refractivity contribution in [1.82, 2.24) is 0 Å². The smallest absolute Gasteiger partial charge is 0.00996 e. The molecule has 0 aliphatic heterocycles. The minimum atomic E-state index is 0.259. The van der Waals surface area contributed by atoms with Crippen molar-refractivity contribution in [3.63, 3.8) is 0 Å². The average Bonchev–Trinajstić information content (AvgIpc) is 2.46. The largest absolute Gasteiger partial charge is 0.0805 e. The Morgan fingerprint density at radius 3 is 2.09 bits per heavy atom. The lowest BCUT2D eigenvalue weighted by molar-refractivity contribution is 0.277. The van der Waals surface area contributed by atoms with E-state index in [-0.39, 0.29) is 5.41 Å². The highest BCUT2D eigenvalue weighted by atomic mass is 14.4. The van der Waals surface area contributed by atoms with Crippen molar-refractivity contribution in [2.24, 2.45) is 16.7 Å². The average molecular weight is 311 g/mol. The zero-order valence-corrected chi connectivity index (χ0v) is 16.2. The number of hydrogen-bond acceptors (Lipinski definition) is 0. The first-order chi connectivity index (χ1) is 10.6. The second-order valence-electron chi connectivity index (χ2n) is 9.19. The maximum atomic E-state index is 2.57. The molecule has 0 bridgehead atoms. The molecule has 0 saturated heterocycles. The summed E-state index contributed by atoms with van der Waals surface area (Å²) in [7, 11) is 0. The van der Waals surface area contributed by atoms with E-state index in [1.165, 1.54) is 17.5 Å². The van der Waals surface area contributed by atoms with Crippen LogP contribution in [0.15, 0.2) is 41.5 Å². The van der Waals surface area contributed by atoms with Gasteiger partial charge in [-0.3, -0.25) is 0 Å². The van der Waals surface area contributed by atoms with Crippen molar-refractivity contribution in [2.75, 3.05) is 0 Å². The SMILES string of the molecule is CCc1ccc(C=C2CC(C(C)(C)C)=CC(C(C)(C)C)C2)cc1. The Hall–Kier alpha value is -1.30. The molecule has 1 atom stereocenters. The number of rotatable bonds is 2. The Bertz CT molecular complexity index is 582. The van der Waals surface area contributed by atoms with Crippen LogP contribution >= 0.6 is 0 Å². The zero-order valence-electron chi connectivity index (χ0n) is 16.2. The highest BCUT2D eigenvalue weighted by Gasteiger charge is 2.30. The van der Waals surface area contributed by atoms with Gasteiger partial charge in [0.1, 0.15) is 0 Å². The van der Waals surface area contributed by atoms with Crippen LogP contribution in [0.25, 0.3) is 6.08 Å². The minimum Gasteiger partial charge on any atom is -0.0805 e. The van der Waals surface area contributed by atoms with Gasteiger partial charge in [-0.05, 0) is 47.1 Å². The molecule has 0 nitrogen and oxygen atoms in total. The highest BCUT2D eigenvalue weighted by molar-refractivity contribution is 5.55. The number of benzene rings is 1. The molecule has 0 spiro atoms. The van der Waals surface area contributed by atoms with Crippen molar-refractivity contribution in [2.45, 2.75) is 67.7 Å². The van der Waals surface area contributed by atoms with E-state index in [9.17, 15) is 0 Å². The summed E-state index contributed by atoms with van der Waals surface area (Å²) in [5.74, 6) is 0.631. The maximum absolute atomic E-state index is 2.57. The van der Waals surface area contributed by atoms with E-state index in [4.69, 9.17) is 0 Å². The van der Waals surface area contributed by atoms with Gasteiger partial charge in [0.2, 0.25) is 0 Å². The predicted octanol–water partition coefficient (Wildman–Crippen LogP) is 7.06. The van der Waals surface area contributed by atoms with Crippen LogP contribution in [-0.2, 0) is 6.42 Å². The van der Waals surface area contributed by atoms with E-state index in [1.807, 2.05) is 0 Å². The Morgan fingerprint density at radius 1 is 1.00 bits per heavy atom.